The summed E-state index contributed by atoms with van der Waals surface area (Å²) < 4.78 is 36.8. The summed E-state index contributed by atoms with van der Waals surface area (Å²) in [5.41, 5.74) is -0.498. The van der Waals surface area contributed by atoms with Gasteiger partial charge in [0.25, 0.3) is 0 Å². The van der Waals surface area contributed by atoms with Gasteiger partial charge in [0, 0.05) is 6.61 Å². The molecule has 0 heterocycles. The van der Waals surface area contributed by atoms with E-state index in [0.717, 1.165) is 12.1 Å². The molecule has 0 amide bonds. The average molecular weight is 260 g/mol. The lowest BCUT2D eigenvalue weighted by Gasteiger charge is -2.23. The van der Waals surface area contributed by atoms with E-state index in [4.69, 9.17) is 5.11 Å². The first-order valence-corrected chi connectivity index (χ1v) is 7.01. The van der Waals surface area contributed by atoms with Crippen LogP contribution in [0.15, 0.2) is 29.2 Å². The minimum atomic E-state index is -3.43. The zero-order chi connectivity index (χ0) is 13.1. The highest BCUT2D eigenvalue weighted by Gasteiger charge is 2.27. The van der Waals surface area contributed by atoms with E-state index < -0.39 is 21.1 Å². The molecule has 0 saturated heterocycles. The second-order valence-electron chi connectivity index (χ2n) is 4.85. The summed E-state index contributed by atoms with van der Waals surface area (Å²) in [6.07, 6.45) is 0.410. The van der Waals surface area contributed by atoms with Gasteiger partial charge >= 0.3 is 0 Å². The van der Waals surface area contributed by atoms with Gasteiger partial charge in [-0.05, 0) is 36.1 Å². The lowest BCUT2D eigenvalue weighted by Crippen LogP contribution is -2.25. The molecule has 1 aromatic carbocycles. The summed E-state index contributed by atoms with van der Waals surface area (Å²) >= 11 is 0. The first-order valence-electron chi connectivity index (χ1n) is 5.36. The molecule has 1 rings (SSSR count). The van der Waals surface area contributed by atoms with Gasteiger partial charge in [-0.3, -0.25) is 0 Å². The van der Waals surface area contributed by atoms with Crippen LogP contribution in [0.2, 0.25) is 0 Å². The summed E-state index contributed by atoms with van der Waals surface area (Å²) in [4.78, 5) is 0.116. The number of halogens is 1. The van der Waals surface area contributed by atoms with E-state index in [1.807, 2.05) is 0 Å². The van der Waals surface area contributed by atoms with Gasteiger partial charge in [-0.25, -0.2) is 12.8 Å². The lowest BCUT2D eigenvalue weighted by molar-refractivity contribution is 0.226. The van der Waals surface area contributed by atoms with Gasteiger partial charge in [-0.1, -0.05) is 13.8 Å². The Labute approximate surface area is 101 Å². The molecule has 0 bridgehead atoms. The molecule has 0 saturated carbocycles. The first kappa shape index (κ1) is 14.1. The van der Waals surface area contributed by atoms with Crippen LogP contribution in [0.5, 0.6) is 0 Å². The molecular formula is C12H17FO3S. The normalized spacial score (nSPS) is 12.7. The van der Waals surface area contributed by atoms with E-state index in [0.29, 0.717) is 6.42 Å². The van der Waals surface area contributed by atoms with Crippen molar-refractivity contribution in [2.24, 2.45) is 5.41 Å². The summed E-state index contributed by atoms with van der Waals surface area (Å²) in [7, 11) is -3.43. The van der Waals surface area contributed by atoms with Gasteiger partial charge in [0.2, 0.25) is 0 Å². The quantitative estimate of drug-likeness (QED) is 0.824. The van der Waals surface area contributed by atoms with Gasteiger partial charge in [0.1, 0.15) is 5.82 Å². The summed E-state index contributed by atoms with van der Waals surface area (Å²) in [5.74, 6) is -0.523. The second kappa shape index (κ2) is 5.14. The number of sulfone groups is 1. The maximum absolute atomic E-state index is 12.7. The number of aliphatic hydroxyl groups is 1. The Morgan fingerprint density at radius 3 is 2.24 bits per heavy atom. The highest BCUT2D eigenvalue weighted by atomic mass is 32.2. The van der Waals surface area contributed by atoms with Gasteiger partial charge < -0.3 is 5.11 Å². The number of hydrogen-bond acceptors (Lipinski definition) is 3. The van der Waals surface area contributed by atoms with Crippen molar-refractivity contribution in [1.82, 2.24) is 0 Å². The Morgan fingerprint density at radius 1 is 1.24 bits per heavy atom. The van der Waals surface area contributed by atoms with Crippen LogP contribution in [-0.2, 0) is 9.84 Å². The van der Waals surface area contributed by atoms with Crippen LogP contribution in [0.4, 0.5) is 4.39 Å². The van der Waals surface area contributed by atoms with E-state index in [9.17, 15) is 12.8 Å². The minimum Gasteiger partial charge on any atom is -0.396 e. The fourth-order valence-electron chi connectivity index (χ4n) is 1.61. The van der Waals surface area contributed by atoms with Gasteiger partial charge in [-0.2, -0.15) is 0 Å². The van der Waals surface area contributed by atoms with E-state index >= 15 is 0 Å². The van der Waals surface area contributed by atoms with Crippen molar-refractivity contribution in [2.75, 3.05) is 12.4 Å². The van der Waals surface area contributed by atoms with Crippen LogP contribution in [-0.4, -0.2) is 25.9 Å². The molecule has 96 valence electrons. The van der Waals surface area contributed by atoms with Gasteiger partial charge in [0.15, 0.2) is 9.84 Å². The third kappa shape index (κ3) is 4.09. The van der Waals surface area contributed by atoms with E-state index in [1.165, 1.54) is 12.1 Å². The molecule has 0 aromatic heterocycles. The molecule has 3 nitrogen and oxygen atoms in total. The van der Waals surface area contributed by atoms with Gasteiger partial charge in [-0.15, -0.1) is 0 Å². The van der Waals surface area contributed by atoms with Crippen LogP contribution in [0.25, 0.3) is 0 Å². The van der Waals surface area contributed by atoms with Crippen molar-refractivity contribution >= 4 is 9.84 Å². The Morgan fingerprint density at radius 2 is 1.76 bits per heavy atom. The number of hydrogen-bond donors (Lipinski definition) is 1. The Bertz CT molecular complexity index is 463. The third-order valence-electron chi connectivity index (χ3n) is 2.54. The molecule has 5 heteroatoms. The Kier molecular flexibility index (Phi) is 4.27. The van der Waals surface area contributed by atoms with Crippen molar-refractivity contribution in [1.29, 1.82) is 0 Å². The lowest BCUT2D eigenvalue weighted by atomic mass is 9.93. The molecule has 17 heavy (non-hydrogen) atoms. The molecule has 0 spiro atoms. The Balaban J connectivity index is 2.93. The summed E-state index contributed by atoms with van der Waals surface area (Å²) in [6, 6.07) is 4.79. The van der Waals surface area contributed by atoms with E-state index in [2.05, 4.69) is 0 Å². The Hall–Kier alpha value is -0.940. The van der Waals surface area contributed by atoms with Crippen molar-refractivity contribution in [3.63, 3.8) is 0 Å². The van der Waals surface area contributed by atoms with Crippen LogP contribution < -0.4 is 0 Å². The molecule has 0 unspecified atom stereocenters. The summed E-state index contributed by atoms with van der Waals surface area (Å²) in [5, 5.41) is 8.86. The molecular weight excluding hydrogens is 243 g/mol. The highest BCUT2D eigenvalue weighted by molar-refractivity contribution is 7.91. The van der Waals surface area contributed by atoms with Crippen LogP contribution in [0.1, 0.15) is 20.3 Å². The third-order valence-corrected chi connectivity index (χ3v) is 4.69. The van der Waals surface area contributed by atoms with Crippen molar-refractivity contribution in [3.05, 3.63) is 30.1 Å². The topological polar surface area (TPSA) is 54.4 Å². The SMILES string of the molecule is CC(C)(CCO)CS(=O)(=O)c1ccc(F)cc1. The highest BCUT2D eigenvalue weighted by Crippen LogP contribution is 2.25. The number of aliphatic hydroxyl groups excluding tert-OH is 1. The maximum Gasteiger partial charge on any atom is 0.178 e. The van der Waals surface area contributed by atoms with Crippen molar-refractivity contribution in [3.8, 4) is 0 Å². The zero-order valence-electron chi connectivity index (χ0n) is 9.98. The fraction of sp³-hybridized carbons (Fsp3) is 0.500. The molecule has 0 aliphatic rings. The monoisotopic (exact) mass is 260 g/mol. The zero-order valence-corrected chi connectivity index (χ0v) is 10.8. The molecule has 1 N–H and O–H groups in total. The fourth-order valence-corrected chi connectivity index (χ4v) is 3.51. The molecule has 0 aliphatic carbocycles. The van der Waals surface area contributed by atoms with Gasteiger partial charge in [0.05, 0.1) is 10.6 Å². The largest absolute Gasteiger partial charge is 0.396 e. The predicted octanol–water partition coefficient (Wildman–Crippen LogP) is 2.01. The van der Waals surface area contributed by atoms with E-state index in [1.54, 1.807) is 13.8 Å². The molecule has 0 fully saturated rings. The van der Waals surface area contributed by atoms with Crippen molar-refractivity contribution < 1.29 is 17.9 Å². The molecule has 0 radical (unpaired) electrons. The predicted molar refractivity (Wildman–Crippen MR) is 63.9 cm³/mol. The molecule has 0 aliphatic heterocycles. The van der Waals surface area contributed by atoms with Crippen LogP contribution in [0.3, 0.4) is 0 Å². The number of rotatable bonds is 5. The average Bonchev–Trinajstić information content (AvgIpc) is 2.16. The summed E-state index contributed by atoms with van der Waals surface area (Å²) in [6.45, 7) is 3.51. The van der Waals surface area contributed by atoms with Crippen LogP contribution in [0, 0.1) is 11.2 Å². The minimum absolute atomic E-state index is 0.0497. The molecule has 0 atom stereocenters. The first-order chi connectivity index (χ1) is 7.77. The smallest absolute Gasteiger partial charge is 0.178 e. The maximum atomic E-state index is 12.7. The van der Waals surface area contributed by atoms with E-state index in [-0.39, 0.29) is 17.3 Å². The molecule has 1 aromatic rings. The van der Waals surface area contributed by atoms with Crippen LogP contribution >= 0.6 is 0 Å². The number of benzene rings is 1. The second-order valence-corrected chi connectivity index (χ2v) is 6.84. The van der Waals surface area contributed by atoms with Crippen molar-refractivity contribution in [2.45, 2.75) is 25.2 Å². The standard InChI is InChI=1S/C12H17FO3S/c1-12(2,7-8-14)9-17(15,16)11-5-3-10(13)4-6-11/h3-6,14H,7-9H2,1-2H3.